The van der Waals surface area contributed by atoms with Crippen molar-refractivity contribution in [3.63, 3.8) is 0 Å². The summed E-state index contributed by atoms with van der Waals surface area (Å²) in [5.41, 5.74) is 0.804. The van der Waals surface area contributed by atoms with Crippen LogP contribution in [0.4, 0.5) is 0 Å². The maximum absolute atomic E-state index is 12.9. The minimum atomic E-state index is -0.252. The number of piperazine rings is 1. The number of carbonyl (C=O) groups is 1. The molecular weight excluding hydrogens is 332 g/mol. The highest BCUT2D eigenvalue weighted by atomic mass is 16.2. The molecule has 0 bridgehead atoms. The highest BCUT2D eigenvalue weighted by molar-refractivity contribution is 5.97. The molecule has 8 nitrogen and oxygen atoms in total. The molecule has 3 aromatic rings. The first kappa shape index (κ1) is 16.5. The van der Waals surface area contributed by atoms with Gasteiger partial charge in [-0.3, -0.25) is 19.6 Å². The smallest absolute Gasteiger partial charge is 0.263 e. The van der Waals surface area contributed by atoms with Gasteiger partial charge in [0.2, 0.25) is 0 Å². The SMILES string of the molecule is Cn1c(=O)c(C(=O)N2CCN(Cc3ncn[nH]3)CC2)cc2ccccc21. The number of nitrogens with one attached hydrogen (secondary N) is 1. The van der Waals surface area contributed by atoms with Crippen LogP contribution in [0.5, 0.6) is 0 Å². The Morgan fingerprint density at radius 3 is 2.69 bits per heavy atom. The van der Waals surface area contributed by atoms with Crippen molar-refractivity contribution in [1.29, 1.82) is 0 Å². The molecule has 4 rings (SSSR count). The zero-order chi connectivity index (χ0) is 18.1. The highest BCUT2D eigenvalue weighted by Crippen LogP contribution is 2.14. The van der Waals surface area contributed by atoms with E-state index < -0.39 is 0 Å². The number of carbonyl (C=O) groups excluding carboxylic acids is 1. The van der Waals surface area contributed by atoms with Crippen LogP contribution in [0.25, 0.3) is 10.9 Å². The molecule has 3 heterocycles. The number of hydrogen-bond donors (Lipinski definition) is 1. The van der Waals surface area contributed by atoms with E-state index in [1.807, 2.05) is 24.3 Å². The van der Waals surface area contributed by atoms with Gasteiger partial charge in [0.05, 0.1) is 12.1 Å². The number of nitrogens with zero attached hydrogens (tertiary/aromatic N) is 5. The van der Waals surface area contributed by atoms with E-state index in [1.165, 1.54) is 6.33 Å². The largest absolute Gasteiger partial charge is 0.336 e. The van der Waals surface area contributed by atoms with Gasteiger partial charge in [-0.1, -0.05) is 18.2 Å². The van der Waals surface area contributed by atoms with Gasteiger partial charge in [0.25, 0.3) is 11.5 Å². The lowest BCUT2D eigenvalue weighted by atomic mass is 10.1. The molecule has 26 heavy (non-hydrogen) atoms. The predicted octanol–water partition coefficient (Wildman–Crippen LogP) is 0.615. The van der Waals surface area contributed by atoms with Crippen LogP contribution in [0.15, 0.2) is 41.5 Å². The van der Waals surface area contributed by atoms with E-state index >= 15 is 0 Å². The van der Waals surface area contributed by atoms with E-state index in [0.717, 1.165) is 29.8 Å². The Bertz CT molecular complexity index is 987. The molecule has 0 aliphatic carbocycles. The molecule has 1 aliphatic rings. The molecule has 1 N–H and O–H groups in total. The van der Waals surface area contributed by atoms with Gasteiger partial charge in [-0.25, -0.2) is 4.98 Å². The molecule has 134 valence electrons. The summed E-state index contributed by atoms with van der Waals surface area (Å²) in [6.07, 6.45) is 1.49. The summed E-state index contributed by atoms with van der Waals surface area (Å²) in [6.45, 7) is 3.33. The summed E-state index contributed by atoms with van der Waals surface area (Å²) in [5, 5.41) is 7.59. The third kappa shape index (κ3) is 2.99. The zero-order valence-electron chi connectivity index (χ0n) is 14.6. The van der Waals surface area contributed by atoms with Gasteiger partial charge in [0, 0.05) is 33.2 Å². The lowest BCUT2D eigenvalue weighted by Gasteiger charge is -2.34. The Morgan fingerprint density at radius 2 is 1.96 bits per heavy atom. The second kappa shape index (κ2) is 6.72. The number of aromatic nitrogens is 4. The van der Waals surface area contributed by atoms with Crippen molar-refractivity contribution < 1.29 is 4.79 Å². The van der Waals surface area contributed by atoms with E-state index in [1.54, 1.807) is 22.6 Å². The number of H-pyrrole nitrogens is 1. The molecule has 0 spiro atoms. The molecule has 2 aromatic heterocycles. The standard InChI is InChI=1S/C18H20N6O2/c1-22-15-5-3-2-4-13(15)10-14(17(22)25)18(26)24-8-6-23(7-9-24)11-16-19-12-20-21-16/h2-5,10,12H,6-9,11H2,1H3,(H,19,20,21). The Kier molecular flexibility index (Phi) is 4.26. The topological polar surface area (TPSA) is 87.1 Å². The quantitative estimate of drug-likeness (QED) is 0.746. The van der Waals surface area contributed by atoms with Crippen LogP contribution in [0.1, 0.15) is 16.2 Å². The monoisotopic (exact) mass is 352 g/mol. The van der Waals surface area contributed by atoms with Gasteiger partial charge in [-0.2, -0.15) is 5.10 Å². The number of aromatic amines is 1. The molecule has 8 heteroatoms. The van der Waals surface area contributed by atoms with Gasteiger partial charge in [-0.15, -0.1) is 0 Å². The van der Waals surface area contributed by atoms with Crippen LogP contribution in [-0.4, -0.2) is 61.6 Å². The molecule has 1 aromatic carbocycles. The van der Waals surface area contributed by atoms with Gasteiger partial charge >= 0.3 is 0 Å². The number of benzene rings is 1. The number of amides is 1. The van der Waals surface area contributed by atoms with Crippen LogP contribution in [0.2, 0.25) is 0 Å². The fraction of sp³-hybridized carbons (Fsp3) is 0.333. The van der Waals surface area contributed by atoms with Crippen molar-refractivity contribution in [3.05, 3.63) is 58.4 Å². The van der Waals surface area contributed by atoms with Crippen LogP contribution in [-0.2, 0) is 13.6 Å². The number of rotatable bonds is 3. The second-order valence-electron chi connectivity index (χ2n) is 6.48. The zero-order valence-corrected chi connectivity index (χ0v) is 14.6. The molecule has 1 saturated heterocycles. The van der Waals surface area contributed by atoms with Crippen LogP contribution >= 0.6 is 0 Å². The normalized spacial score (nSPS) is 15.5. The van der Waals surface area contributed by atoms with Gasteiger partial charge in [0.15, 0.2) is 0 Å². The summed E-state index contributed by atoms with van der Waals surface area (Å²) >= 11 is 0. The Labute approximate surface area is 150 Å². The number of pyridine rings is 1. The summed E-state index contributed by atoms with van der Waals surface area (Å²) in [7, 11) is 1.71. The summed E-state index contributed by atoms with van der Waals surface area (Å²) in [5.74, 6) is 0.615. The molecule has 0 unspecified atom stereocenters. The fourth-order valence-corrected chi connectivity index (χ4v) is 3.37. The Morgan fingerprint density at radius 1 is 1.19 bits per heavy atom. The number of fused-ring (bicyclic) bond motifs is 1. The molecule has 1 fully saturated rings. The van der Waals surface area contributed by atoms with Crippen molar-refractivity contribution in [1.82, 2.24) is 29.5 Å². The molecule has 0 saturated carbocycles. The molecule has 0 radical (unpaired) electrons. The average molecular weight is 352 g/mol. The maximum atomic E-state index is 12.9. The minimum absolute atomic E-state index is 0.198. The highest BCUT2D eigenvalue weighted by Gasteiger charge is 2.25. The lowest BCUT2D eigenvalue weighted by molar-refractivity contribution is 0.0623. The predicted molar refractivity (Wildman–Crippen MR) is 96.8 cm³/mol. The van der Waals surface area contributed by atoms with Crippen molar-refractivity contribution in [3.8, 4) is 0 Å². The van der Waals surface area contributed by atoms with Gasteiger partial charge in [0.1, 0.15) is 17.7 Å². The molecule has 0 atom stereocenters. The number of aryl methyl sites for hydroxylation is 1. The van der Waals surface area contributed by atoms with Crippen LogP contribution < -0.4 is 5.56 Å². The average Bonchev–Trinajstić information content (AvgIpc) is 3.18. The molecule has 1 aliphatic heterocycles. The molecular formula is C18H20N6O2. The minimum Gasteiger partial charge on any atom is -0.336 e. The third-order valence-corrected chi connectivity index (χ3v) is 4.86. The maximum Gasteiger partial charge on any atom is 0.263 e. The van der Waals surface area contributed by atoms with Gasteiger partial charge < -0.3 is 9.47 Å². The number of hydrogen-bond acceptors (Lipinski definition) is 5. The van der Waals surface area contributed by atoms with Crippen molar-refractivity contribution >= 4 is 16.8 Å². The lowest BCUT2D eigenvalue weighted by Crippen LogP contribution is -2.49. The first-order valence-corrected chi connectivity index (χ1v) is 8.58. The summed E-state index contributed by atoms with van der Waals surface area (Å²) in [6, 6.07) is 9.30. The fourth-order valence-electron chi connectivity index (χ4n) is 3.37. The third-order valence-electron chi connectivity index (χ3n) is 4.86. The van der Waals surface area contributed by atoms with Crippen molar-refractivity contribution in [2.24, 2.45) is 7.05 Å². The van der Waals surface area contributed by atoms with Crippen LogP contribution in [0.3, 0.4) is 0 Å². The van der Waals surface area contributed by atoms with E-state index in [2.05, 4.69) is 20.1 Å². The van der Waals surface area contributed by atoms with Crippen LogP contribution in [0, 0.1) is 0 Å². The Balaban J connectivity index is 1.51. The van der Waals surface area contributed by atoms with Gasteiger partial charge in [-0.05, 0) is 17.5 Å². The van der Waals surface area contributed by atoms with E-state index in [-0.39, 0.29) is 17.0 Å². The summed E-state index contributed by atoms with van der Waals surface area (Å²) < 4.78 is 1.54. The van der Waals surface area contributed by atoms with Crippen molar-refractivity contribution in [2.75, 3.05) is 26.2 Å². The Hall–Kier alpha value is -3.00. The van der Waals surface area contributed by atoms with E-state index in [4.69, 9.17) is 0 Å². The molecule has 1 amide bonds. The van der Waals surface area contributed by atoms with E-state index in [9.17, 15) is 9.59 Å². The first-order valence-electron chi connectivity index (χ1n) is 8.58. The number of para-hydroxylation sites is 1. The second-order valence-corrected chi connectivity index (χ2v) is 6.48. The summed E-state index contributed by atoms with van der Waals surface area (Å²) in [4.78, 5) is 33.6. The van der Waals surface area contributed by atoms with Crippen molar-refractivity contribution in [2.45, 2.75) is 6.54 Å². The van der Waals surface area contributed by atoms with E-state index in [0.29, 0.717) is 19.6 Å². The first-order chi connectivity index (χ1) is 12.6.